The number of pyridine rings is 1. The average Bonchev–Trinajstić information content (AvgIpc) is 2.86. The lowest BCUT2D eigenvalue weighted by Crippen LogP contribution is -2.49. The first-order valence-electron chi connectivity index (χ1n) is 10.7. The van der Waals surface area contributed by atoms with Gasteiger partial charge in [-0.1, -0.05) is 0 Å². The second-order valence-electron chi connectivity index (χ2n) is 7.93. The number of aromatic nitrogens is 3. The van der Waals surface area contributed by atoms with Crippen LogP contribution in [0.25, 0.3) is 11.0 Å². The molecule has 1 saturated heterocycles. The fourth-order valence-corrected chi connectivity index (χ4v) is 3.87. The number of hydrogen-bond acceptors (Lipinski definition) is 7. The zero-order valence-electron chi connectivity index (χ0n) is 19.0. The van der Waals surface area contributed by atoms with Crippen LogP contribution in [-0.2, 0) is 14.1 Å². The molecule has 10 heteroatoms. The molecule has 0 unspecified atom stereocenters. The van der Waals surface area contributed by atoms with Crippen molar-refractivity contribution in [2.45, 2.75) is 0 Å². The zero-order valence-corrected chi connectivity index (χ0v) is 19.0. The minimum absolute atomic E-state index is 0.209. The maximum Gasteiger partial charge on any atom is 0.332 e. The van der Waals surface area contributed by atoms with Gasteiger partial charge in [0.15, 0.2) is 0 Å². The van der Waals surface area contributed by atoms with Gasteiger partial charge in [-0.25, -0.2) is 9.78 Å². The monoisotopic (exact) mass is 453 g/mol. The van der Waals surface area contributed by atoms with Gasteiger partial charge >= 0.3 is 5.69 Å². The molecule has 1 aliphatic heterocycles. The fraction of sp³-hybridized carbons (Fsp3) is 0.391. The number of hydrogen-bond donors (Lipinski definition) is 0. The molecule has 4 rings (SSSR count). The normalized spacial score (nSPS) is 14.5. The first-order valence-corrected chi connectivity index (χ1v) is 10.7. The minimum atomic E-state index is -0.477. The van der Waals surface area contributed by atoms with E-state index in [9.17, 15) is 14.4 Å². The smallest absolute Gasteiger partial charge is 0.332 e. The summed E-state index contributed by atoms with van der Waals surface area (Å²) in [6.07, 6.45) is 0. The number of piperazine rings is 1. The fourth-order valence-electron chi connectivity index (χ4n) is 3.87. The Balaban J connectivity index is 1.34. The van der Waals surface area contributed by atoms with E-state index in [1.54, 1.807) is 24.1 Å². The third-order valence-corrected chi connectivity index (χ3v) is 5.92. The molecule has 0 N–H and O–H groups in total. The molecule has 3 aromatic rings. The molecule has 33 heavy (non-hydrogen) atoms. The highest BCUT2D eigenvalue weighted by Crippen LogP contribution is 2.17. The van der Waals surface area contributed by atoms with Gasteiger partial charge in [0, 0.05) is 46.8 Å². The van der Waals surface area contributed by atoms with Crippen molar-refractivity contribution in [3.63, 3.8) is 0 Å². The number of amides is 1. The largest absolute Gasteiger partial charge is 0.497 e. The quantitative estimate of drug-likeness (QED) is 0.535. The molecule has 3 heterocycles. The van der Waals surface area contributed by atoms with Gasteiger partial charge in [-0.3, -0.25) is 23.6 Å². The summed E-state index contributed by atoms with van der Waals surface area (Å²) in [6.45, 7) is 3.89. The molecular formula is C23H27N5O5. The number of aryl methyl sites for hydroxylation is 1. The van der Waals surface area contributed by atoms with Crippen molar-refractivity contribution >= 4 is 16.9 Å². The van der Waals surface area contributed by atoms with Crippen LogP contribution in [-0.4, -0.2) is 76.3 Å². The van der Waals surface area contributed by atoms with E-state index in [2.05, 4.69) is 9.88 Å². The number of carbonyl (C=O) groups is 1. The predicted molar refractivity (Wildman–Crippen MR) is 123 cm³/mol. The summed E-state index contributed by atoms with van der Waals surface area (Å²) in [7, 11) is 4.59. The lowest BCUT2D eigenvalue weighted by molar-refractivity contribution is 0.0615. The third-order valence-electron chi connectivity index (χ3n) is 5.92. The highest BCUT2D eigenvalue weighted by atomic mass is 16.5. The van der Waals surface area contributed by atoms with E-state index < -0.39 is 11.2 Å². The highest BCUT2D eigenvalue weighted by Gasteiger charge is 2.24. The van der Waals surface area contributed by atoms with Gasteiger partial charge in [0.1, 0.15) is 29.4 Å². The second kappa shape index (κ2) is 9.45. The van der Waals surface area contributed by atoms with Gasteiger partial charge in [0.25, 0.3) is 11.5 Å². The Bertz CT molecular complexity index is 1270. The average molecular weight is 453 g/mol. The molecule has 1 fully saturated rings. The molecule has 0 saturated carbocycles. The lowest BCUT2D eigenvalue weighted by atomic mass is 10.2. The Labute approximate surface area is 190 Å². The molecule has 0 aliphatic carbocycles. The van der Waals surface area contributed by atoms with Crippen molar-refractivity contribution in [1.82, 2.24) is 23.9 Å². The van der Waals surface area contributed by atoms with Gasteiger partial charge in [-0.05, 0) is 36.4 Å². The van der Waals surface area contributed by atoms with Crippen LogP contribution in [0.15, 0.2) is 46.0 Å². The molecule has 0 radical (unpaired) electrons. The molecule has 0 atom stereocenters. The van der Waals surface area contributed by atoms with Crippen molar-refractivity contribution in [2.24, 2.45) is 14.1 Å². The van der Waals surface area contributed by atoms with Crippen LogP contribution in [0.1, 0.15) is 10.5 Å². The number of rotatable bonds is 6. The topological polar surface area (TPSA) is 98.9 Å². The first kappa shape index (κ1) is 22.5. The summed E-state index contributed by atoms with van der Waals surface area (Å²) in [4.78, 5) is 45.8. The molecule has 10 nitrogen and oxygen atoms in total. The van der Waals surface area contributed by atoms with Crippen LogP contribution in [0.4, 0.5) is 0 Å². The van der Waals surface area contributed by atoms with E-state index in [-0.39, 0.29) is 17.2 Å². The number of methoxy groups -OCH3 is 1. The standard InChI is InChI=1S/C23H27N5O5/c1-25-20-18(21(29)26(2)23(25)31)8-9-19(24-20)22(30)28-12-10-27(11-13-28)14-15-33-17-6-4-16(32-3)5-7-17/h4-9H,10-15H2,1-3H3. The van der Waals surface area contributed by atoms with Gasteiger partial charge in [-0.15, -0.1) is 0 Å². The molecule has 1 amide bonds. The lowest BCUT2D eigenvalue weighted by Gasteiger charge is -2.34. The number of ether oxygens (including phenoxy) is 2. The Morgan fingerprint density at radius 2 is 1.61 bits per heavy atom. The molecule has 0 bridgehead atoms. The molecule has 1 aromatic carbocycles. The van der Waals surface area contributed by atoms with Gasteiger partial charge in [0.05, 0.1) is 12.5 Å². The van der Waals surface area contributed by atoms with Gasteiger partial charge in [0.2, 0.25) is 0 Å². The Kier molecular flexibility index (Phi) is 6.45. The maximum absolute atomic E-state index is 13.0. The summed E-state index contributed by atoms with van der Waals surface area (Å²) in [6, 6.07) is 10.6. The number of fused-ring (bicyclic) bond motifs is 1. The maximum atomic E-state index is 13.0. The van der Waals surface area contributed by atoms with Crippen LogP contribution in [0.3, 0.4) is 0 Å². The van der Waals surface area contributed by atoms with E-state index in [1.807, 2.05) is 24.3 Å². The summed E-state index contributed by atoms with van der Waals surface area (Å²) in [5.41, 5.74) is -0.467. The van der Waals surface area contributed by atoms with Gasteiger partial charge in [-0.2, -0.15) is 0 Å². The number of carbonyl (C=O) groups excluding carboxylic acids is 1. The van der Waals surface area contributed by atoms with Crippen LogP contribution in [0, 0.1) is 0 Å². The Morgan fingerprint density at radius 1 is 0.939 bits per heavy atom. The molecule has 174 valence electrons. The molecule has 2 aromatic heterocycles. The van der Waals surface area contributed by atoms with E-state index in [1.165, 1.54) is 18.7 Å². The Hall–Kier alpha value is -3.66. The van der Waals surface area contributed by atoms with Crippen LogP contribution in [0.5, 0.6) is 11.5 Å². The van der Waals surface area contributed by atoms with Crippen molar-refractivity contribution < 1.29 is 14.3 Å². The third kappa shape index (κ3) is 4.61. The van der Waals surface area contributed by atoms with Crippen molar-refractivity contribution in [2.75, 3.05) is 46.4 Å². The zero-order chi connectivity index (χ0) is 23.5. The molecule has 0 spiro atoms. The number of benzene rings is 1. The van der Waals surface area contributed by atoms with Crippen molar-refractivity contribution in [1.29, 1.82) is 0 Å². The minimum Gasteiger partial charge on any atom is -0.497 e. The van der Waals surface area contributed by atoms with E-state index in [4.69, 9.17) is 9.47 Å². The summed E-state index contributed by atoms with van der Waals surface area (Å²) >= 11 is 0. The van der Waals surface area contributed by atoms with E-state index in [0.29, 0.717) is 25.1 Å². The first-order chi connectivity index (χ1) is 15.9. The number of nitrogens with zero attached hydrogens (tertiary/aromatic N) is 5. The second-order valence-corrected chi connectivity index (χ2v) is 7.93. The van der Waals surface area contributed by atoms with Gasteiger partial charge < -0.3 is 14.4 Å². The predicted octanol–water partition coefficient (Wildman–Crippen LogP) is 0.478. The van der Waals surface area contributed by atoms with Crippen molar-refractivity contribution in [3.8, 4) is 11.5 Å². The summed E-state index contributed by atoms with van der Waals surface area (Å²) in [5.74, 6) is 1.36. The van der Waals surface area contributed by atoms with E-state index in [0.717, 1.165) is 35.7 Å². The molecular weight excluding hydrogens is 426 g/mol. The van der Waals surface area contributed by atoms with E-state index >= 15 is 0 Å². The van der Waals surface area contributed by atoms with Crippen molar-refractivity contribution in [3.05, 3.63) is 62.9 Å². The Morgan fingerprint density at radius 3 is 2.27 bits per heavy atom. The molecule has 1 aliphatic rings. The summed E-state index contributed by atoms with van der Waals surface area (Å²) < 4.78 is 13.2. The summed E-state index contributed by atoms with van der Waals surface area (Å²) in [5, 5.41) is 0.304. The SMILES string of the molecule is COc1ccc(OCCN2CCN(C(=O)c3ccc4c(=O)n(C)c(=O)n(C)c4n3)CC2)cc1. The van der Waals surface area contributed by atoms with Crippen LogP contribution < -0.4 is 20.7 Å². The highest BCUT2D eigenvalue weighted by molar-refractivity contribution is 5.94. The van der Waals surface area contributed by atoms with Crippen LogP contribution >= 0.6 is 0 Å². The van der Waals surface area contributed by atoms with Crippen LogP contribution in [0.2, 0.25) is 0 Å².